The average Bonchev–Trinajstić information content (AvgIpc) is 3.05. The van der Waals surface area contributed by atoms with Gasteiger partial charge < -0.3 is 13.9 Å². The van der Waals surface area contributed by atoms with Crippen molar-refractivity contribution in [2.45, 2.75) is 45.0 Å². The Labute approximate surface area is 181 Å². The van der Waals surface area contributed by atoms with Gasteiger partial charge in [0.15, 0.2) is 16.1 Å². The zero-order chi connectivity index (χ0) is 24.4. The van der Waals surface area contributed by atoms with Crippen LogP contribution in [0.15, 0.2) is 21.4 Å². The van der Waals surface area contributed by atoms with Crippen molar-refractivity contribution in [1.82, 2.24) is 10.2 Å². The lowest BCUT2D eigenvalue weighted by atomic mass is 10.0. The average molecular weight is 479 g/mol. The van der Waals surface area contributed by atoms with Crippen molar-refractivity contribution in [1.29, 1.82) is 0 Å². The highest BCUT2D eigenvalue weighted by Crippen LogP contribution is 2.37. The molecule has 2 aromatic rings. The van der Waals surface area contributed by atoms with Gasteiger partial charge in [0.25, 0.3) is 5.91 Å². The molecular weight excluding hydrogens is 459 g/mol. The van der Waals surface area contributed by atoms with Crippen molar-refractivity contribution in [2.75, 3.05) is 17.8 Å². The highest BCUT2D eigenvalue weighted by molar-refractivity contribution is 7.90. The van der Waals surface area contributed by atoms with Gasteiger partial charge in [0.1, 0.15) is 0 Å². The Kier molecular flexibility index (Phi) is 7.17. The highest BCUT2D eigenvalue weighted by atomic mass is 32.2. The van der Waals surface area contributed by atoms with Crippen molar-refractivity contribution in [3.05, 3.63) is 34.7 Å². The third kappa shape index (κ3) is 5.36. The monoisotopic (exact) mass is 479 g/mol. The molecule has 10 nitrogen and oxygen atoms in total. The molecule has 0 aliphatic heterocycles. The van der Waals surface area contributed by atoms with Crippen LogP contribution in [0.3, 0.4) is 0 Å². The van der Waals surface area contributed by atoms with Crippen molar-refractivity contribution < 1.29 is 45.1 Å². The summed E-state index contributed by atoms with van der Waals surface area (Å²) in [5.74, 6) is -0.997. The summed E-state index contributed by atoms with van der Waals surface area (Å²) < 4.78 is 79.3. The fourth-order valence-electron chi connectivity index (χ4n) is 2.89. The molecule has 32 heavy (non-hydrogen) atoms. The Hall–Kier alpha value is -3.16. The number of nitrogens with zero attached hydrogens (tertiary/aromatic N) is 3. The summed E-state index contributed by atoms with van der Waals surface area (Å²) in [5, 5.41) is 7.26. The van der Waals surface area contributed by atoms with Crippen LogP contribution >= 0.6 is 0 Å². The smallest absolute Gasteiger partial charge is 0.435 e. The Bertz CT molecular complexity index is 1130. The van der Waals surface area contributed by atoms with Gasteiger partial charge in [0, 0.05) is 18.7 Å². The van der Waals surface area contributed by atoms with Crippen LogP contribution in [0.1, 0.15) is 41.2 Å². The van der Waals surface area contributed by atoms with Crippen LogP contribution in [0.4, 0.5) is 24.0 Å². The third-order valence-corrected chi connectivity index (χ3v) is 5.41. The van der Waals surface area contributed by atoms with Crippen molar-refractivity contribution in [3.8, 4) is 0 Å². The predicted octanol–water partition coefficient (Wildman–Crippen LogP) is 3.27. The summed E-state index contributed by atoms with van der Waals surface area (Å²) in [4.78, 5) is 24.7. The summed E-state index contributed by atoms with van der Waals surface area (Å²) >= 11 is 0. The van der Waals surface area contributed by atoms with Crippen LogP contribution in [0, 0.1) is 13.8 Å². The number of hydrogen-bond donors (Lipinski definition) is 0. The predicted molar refractivity (Wildman–Crippen MR) is 103 cm³/mol. The summed E-state index contributed by atoms with van der Waals surface area (Å²) in [6.07, 6.45) is -6.90. The van der Waals surface area contributed by atoms with Gasteiger partial charge >= 0.3 is 18.3 Å². The molecule has 0 saturated carbocycles. The lowest BCUT2D eigenvalue weighted by molar-refractivity contribution is -0.140. The molecule has 1 amide bonds. The number of halogens is 3. The second-order valence-corrected chi connectivity index (χ2v) is 8.52. The summed E-state index contributed by atoms with van der Waals surface area (Å²) in [5.41, 5.74) is -2.27. The van der Waals surface area contributed by atoms with Crippen molar-refractivity contribution >= 4 is 27.9 Å². The molecule has 1 aromatic heterocycles. The van der Waals surface area contributed by atoms with Gasteiger partial charge in [-0.2, -0.15) is 13.2 Å². The van der Waals surface area contributed by atoms with E-state index in [0.717, 1.165) is 13.0 Å². The van der Waals surface area contributed by atoms with Crippen LogP contribution in [-0.4, -0.2) is 49.8 Å². The van der Waals surface area contributed by atoms with E-state index >= 15 is 0 Å². The maximum Gasteiger partial charge on any atom is 0.510 e. The molecule has 0 aliphatic rings. The number of alkyl halides is 3. The maximum absolute atomic E-state index is 13.4. The standard InChI is InChI=1S/C18H20F3N3O7S/c1-6-29-17(26)31-11(4)24(16-23-22-10(3)30-16)15(25)12-7-8-13(18(19,20)21)14(9(12)2)32(5,27)28/h7-8,11H,6H2,1-5H3. The molecule has 0 spiro atoms. The first-order valence-corrected chi connectivity index (χ1v) is 11.0. The van der Waals surface area contributed by atoms with E-state index < -0.39 is 61.9 Å². The minimum absolute atomic E-state index is 0.0190. The summed E-state index contributed by atoms with van der Waals surface area (Å²) in [6.45, 7) is 5.24. The SMILES string of the molecule is CCOC(=O)OC(C)N(C(=O)c1ccc(C(F)(F)F)c(S(C)(=O)=O)c1C)c1nnc(C)o1. The van der Waals surface area contributed by atoms with Crippen LogP contribution in [0.2, 0.25) is 0 Å². The largest absolute Gasteiger partial charge is 0.510 e. The van der Waals surface area contributed by atoms with E-state index in [1.54, 1.807) is 0 Å². The molecular formula is C18H20F3N3O7S. The zero-order valence-electron chi connectivity index (χ0n) is 17.7. The molecule has 1 unspecified atom stereocenters. The van der Waals surface area contributed by atoms with Crippen LogP contribution in [0.25, 0.3) is 0 Å². The van der Waals surface area contributed by atoms with Gasteiger partial charge in [0.05, 0.1) is 17.1 Å². The zero-order valence-corrected chi connectivity index (χ0v) is 18.5. The number of aryl methyl sites for hydroxylation is 1. The van der Waals surface area contributed by atoms with Crippen LogP contribution in [0.5, 0.6) is 0 Å². The molecule has 0 saturated heterocycles. The maximum atomic E-state index is 13.4. The number of carbonyl (C=O) groups excluding carboxylic acids is 2. The number of ether oxygens (including phenoxy) is 2. The van der Waals surface area contributed by atoms with Crippen molar-refractivity contribution in [2.24, 2.45) is 0 Å². The molecule has 176 valence electrons. The molecule has 0 bridgehead atoms. The molecule has 0 fully saturated rings. The van der Waals surface area contributed by atoms with E-state index in [2.05, 4.69) is 14.9 Å². The van der Waals surface area contributed by atoms with Gasteiger partial charge in [-0.05, 0) is 38.5 Å². The van der Waals surface area contributed by atoms with Crippen LogP contribution < -0.4 is 4.90 Å². The van der Waals surface area contributed by atoms with E-state index in [0.29, 0.717) is 17.2 Å². The number of hydrogen-bond acceptors (Lipinski definition) is 9. The molecule has 1 aromatic carbocycles. The normalized spacial score (nSPS) is 12.9. The Morgan fingerprint density at radius 1 is 1.22 bits per heavy atom. The minimum Gasteiger partial charge on any atom is -0.435 e. The van der Waals surface area contributed by atoms with Crippen molar-refractivity contribution in [3.63, 3.8) is 0 Å². The summed E-state index contributed by atoms with van der Waals surface area (Å²) in [6, 6.07) is 0.886. The molecule has 1 atom stereocenters. The number of amides is 1. The van der Waals surface area contributed by atoms with Crippen LogP contribution in [-0.2, 0) is 25.5 Å². The first-order valence-electron chi connectivity index (χ1n) is 9.06. The van der Waals surface area contributed by atoms with Gasteiger partial charge in [-0.15, -0.1) is 5.10 Å². The van der Waals surface area contributed by atoms with E-state index in [1.807, 2.05) is 0 Å². The number of anilines is 1. The van der Waals surface area contributed by atoms with Gasteiger partial charge in [-0.25, -0.2) is 18.1 Å². The summed E-state index contributed by atoms with van der Waals surface area (Å²) in [7, 11) is -4.38. The fourth-order valence-corrected chi connectivity index (χ4v) is 4.14. The van der Waals surface area contributed by atoms with Gasteiger partial charge in [-0.1, -0.05) is 5.10 Å². The second kappa shape index (κ2) is 9.14. The number of rotatable bonds is 6. The third-order valence-electron chi connectivity index (χ3n) is 4.15. The number of aromatic nitrogens is 2. The van der Waals surface area contributed by atoms with E-state index in [1.165, 1.54) is 20.8 Å². The lowest BCUT2D eigenvalue weighted by Gasteiger charge is -2.26. The topological polar surface area (TPSA) is 129 Å². The molecule has 14 heteroatoms. The molecule has 2 rings (SSSR count). The van der Waals surface area contributed by atoms with E-state index in [9.17, 15) is 31.2 Å². The molecule has 0 radical (unpaired) electrons. The minimum atomic E-state index is -4.98. The first-order chi connectivity index (χ1) is 14.7. The fraction of sp³-hybridized carbons (Fsp3) is 0.444. The number of carbonyl (C=O) groups is 2. The second-order valence-electron chi connectivity index (χ2n) is 6.56. The highest BCUT2D eigenvalue weighted by Gasteiger charge is 2.39. The molecule has 0 aliphatic carbocycles. The Morgan fingerprint density at radius 2 is 1.84 bits per heavy atom. The molecule has 0 N–H and O–H groups in total. The molecule has 1 heterocycles. The van der Waals surface area contributed by atoms with E-state index in [-0.39, 0.29) is 12.5 Å². The van der Waals surface area contributed by atoms with Gasteiger partial charge in [-0.3, -0.25) is 4.79 Å². The quantitative estimate of drug-likeness (QED) is 0.453. The van der Waals surface area contributed by atoms with Gasteiger partial charge in [0.2, 0.25) is 5.89 Å². The Balaban J connectivity index is 2.65. The lowest BCUT2D eigenvalue weighted by Crippen LogP contribution is -2.42. The number of benzene rings is 1. The number of sulfone groups is 1. The van der Waals surface area contributed by atoms with E-state index in [4.69, 9.17) is 9.15 Å². The Morgan fingerprint density at radius 3 is 2.31 bits per heavy atom. The first kappa shape index (κ1) is 25.1.